The van der Waals surface area contributed by atoms with Crippen LogP contribution in [0.5, 0.6) is 5.75 Å². The molecule has 6 nitrogen and oxygen atoms in total. The van der Waals surface area contributed by atoms with Crippen LogP contribution in [-0.4, -0.2) is 47.9 Å². The summed E-state index contributed by atoms with van der Waals surface area (Å²) in [5, 5.41) is 9.29. The molecule has 1 saturated heterocycles. The molecule has 3 rings (SSSR count). The Hall–Kier alpha value is -2.41. The number of carboxylic acids is 1. The first kappa shape index (κ1) is 22.3. The van der Waals surface area contributed by atoms with Crippen LogP contribution in [0.25, 0.3) is 0 Å². The average molecular weight is 419 g/mol. The van der Waals surface area contributed by atoms with E-state index >= 15 is 0 Å². The Balaban J connectivity index is 1.87. The zero-order chi connectivity index (χ0) is 21.9. The summed E-state index contributed by atoms with van der Waals surface area (Å²) in [5.74, 6) is -1.85. The molecule has 1 aliphatic carbocycles. The lowest BCUT2D eigenvalue weighted by Crippen LogP contribution is -2.42. The third-order valence-corrected chi connectivity index (χ3v) is 6.39. The number of amides is 1. The molecule has 164 valence electrons. The molecule has 30 heavy (non-hydrogen) atoms. The van der Waals surface area contributed by atoms with Crippen molar-refractivity contribution in [1.82, 2.24) is 4.90 Å². The number of ether oxygens (including phenoxy) is 2. The largest absolute Gasteiger partial charge is 0.493 e. The molecule has 0 bridgehead atoms. The molecule has 0 radical (unpaired) electrons. The highest BCUT2D eigenvalue weighted by atomic mass is 19.1. The smallest absolute Gasteiger partial charge is 0.328 e. The lowest BCUT2D eigenvalue weighted by Gasteiger charge is -2.31. The predicted molar refractivity (Wildman–Crippen MR) is 110 cm³/mol. The van der Waals surface area contributed by atoms with Gasteiger partial charge in [-0.15, -0.1) is 6.58 Å². The molecule has 2 aliphatic rings. The third-order valence-electron chi connectivity index (χ3n) is 6.39. The molecule has 1 saturated carbocycles. The van der Waals surface area contributed by atoms with Crippen molar-refractivity contribution in [1.29, 1.82) is 0 Å². The van der Waals surface area contributed by atoms with Gasteiger partial charge in [-0.3, -0.25) is 9.69 Å². The van der Waals surface area contributed by atoms with E-state index in [2.05, 4.69) is 20.4 Å². The number of nitrogens with zero attached hydrogens (tertiary/aromatic N) is 1. The van der Waals surface area contributed by atoms with Crippen LogP contribution in [0.1, 0.15) is 67.8 Å². The first-order valence-electron chi connectivity index (χ1n) is 10.5. The van der Waals surface area contributed by atoms with E-state index in [-0.39, 0.29) is 30.2 Å². The molecule has 0 spiro atoms. The van der Waals surface area contributed by atoms with Crippen molar-refractivity contribution in [2.75, 3.05) is 19.9 Å². The second-order valence-corrected chi connectivity index (χ2v) is 8.26. The van der Waals surface area contributed by atoms with Crippen molar-refractivity contribution in [3.8, 4) is 5.75 Å². The molecule has 7 heteroatoms. The van der Waals surface area contributed by atoms with Gasteiger partial charge in [-0.1, -0.05) is 19.9 Å². The van der Waals surface area contributed by atoms with Crippen LogP contribution in [0, 0.1) is 11.2 Å². The maximum atomic E-state index is 14.9. The fourth-order valence-corrected chi connectivity index (χ4v) is 3.91. The van der Waals surface area contributed by atoms with E-state index in [1.165, 1.54) is 12.1 Å². The Labute approximate surface area is 176 Å². The summed E-state index contributed by atoms with van der Waals surface area (Å²) in [6.45, 7) is 8.24. The van der Waals surface area contributed by atoms with Gasteiger partial charge in [0, 0.05) is 11.5 Å². The van der Waals surface area contributed by atoms with Gasteiger partial charge in [0.25, 0.3) is 5.91 Å². The topological polar surface area (TPSA) is 76.1 Å². The van der Waals surface area contributed by atoms with Gasteiger partial charge in [-0.25, -0.2) is 9.18 Å². The van der Waals surface area contributed by atoms with Crippen molar-refractivity contribution in [3.05, 3.63) is 41.7 Å². The van der Waals surface area contributed by atoms with Crippen molar-refractivity contribution in [2.24, 2.45) is 5.41 Å². The number of carboxylic acid groups (broad SMARTS) is 1. The van der Waals surface area contributed by atoms with Gasteiger partial charge >= 0.3 is 5.97 Å². The predicted octanol–water partition coefficient (Wildman–Crippen LogP) is 4.35. The molecule has 1 aromatic carbocycles. The Morgan fingerprint density at radius 1 is 1.37 bits per heavy atom. The van der Waals surface area contributed by atoms with Gasteiger partial charge in [-0.2, -0.15) is 0 Å². The fourth-order valence-electron chi connectivity index (χ4n) is 3.91. The molecular formula is C23H30FNO5. The molecule has 1 amide bonds. The third kappa shape index (κ3) is 4.51. The summed E-state index contributed by atoms with van der Waals surface area (Å²) in [7, 11) is 0. The minimum Gasteiger partial charge on any atom is -0.493 e. The highest BCUT2D eigenvalue weighted by molar-refractivity contribution is 5.97. The van der Waals surface area contributed by atoms with Crippen molar-refractivity contribution < 1.29 is 28.6 Å². The van der Waals surface area contributed by atoms with E-state index in [9.17, 15) is 19.1 Å². The summed E-state index contributed by atoms with van der Waals surface area (Å²) < 4.78 is 26.2. The zero-order valence-corrected chi connectivity index (χ0v) is 17.7. The Morgan fingerprint density at radius 2 is 2.07 bits per heavy atom. The number of rotatable bonds is 10. The summed E-state index contributed by atoms with van der Waals surface area (Å²) >= 11 is 0. The maximum absolute atomic E-state index is 14.9. The lowest BCUT2D eigenvalue weighted by atomic mass is 9.80. The number of hydrogen-bond acceptors (Lipinski definition) is 4. The first-order valence-corrected chi connectivity index (χ1v) is 10.5. The van der Waals surface area contributed by atoms with Gasteiger partial charge in [0.1, 0.15) is 18.3 Å². The summed E-state index contributed by atoms with van der Waals surface area (Å²) in [5.41, 5.74) is 0.616. The monoisotopic (exact) mass is 419 g/mol. The van der Waals surface area contributed by atoms with Crippen molar-refractivity contribution >= 4 is 11.9 Å². The van der Waals surface area contributed by atoms with E-state index in [4.69, 9.17) is 9.47 Å². The number of aliphatic carboxylic acids is 1. The Kier molecular flexibility index (Phi) is 6.81. The molecule has 0 aromatic heterocycles. The Morgan fingerprint density at radius 3 is 2.63 bits per heavy atom. The second kappa shape index (κ2) is 9.16. The average Bonchev–Trinajstić information content (AvgIpc) is 3.45. The number of carbonyl (C=O) groups excluding carboxylic acids is 1. The number of allylic oxidation sites excluding steroid dienone is 1. The minimum atomic E-state index is -1.17. The van der Waals surface area contributed by atoms with Crippen LogP contribution in [0.4, 0.5) is 4.39 Å². The van der Waals surface area contributed by atoms with Crippen LogP contribution < -0.4 is 4.74 Å². The van der Waals surface area contributed by atoms with Crippen LogP contribution in [0.3, 0.4) is 0 Å². The van der Waals surface area contributed by atoms with Gasteiger partial charge < -0.3 is 14.6 Å². The molecule has 1 atom stereocenters. The maximum Gasteiger partial charge on any atom is 0.328 e. The van der Waals surface area contributed by atoms with Crippen LogP contribution in [-0.2, 0) is 9.53 Å². The number of carbonyl (C=O) groups is 2. The van der Waals surface area contributed by atoms with Crippen LogP contribution in [0.2, 0.25) is 0 Å². The first-order chi connectivity index (χ1) is 14.4. The summed E-state index contributed by atoms with van der Waals surface area (Å²) in [6.07, 6.45) is 6.44. The van der Waals surface area contributed by atoms with Crippen molar-refractivity contribution in [3.63, 3.8) is 0 Å². The summed E-state index contributed by atoms with van der Waals surface area (Å²) in [4.78, 5) is 25.3. The molecule has 2 fully saturated rings. The number of halogens is 1. The highest BCUT2D eigenvalue weighted by Gasteiger charge is 2.38. The van der Waals surface area contributed by atoms with Gasteiger partial charge in [0.2, 0.25) is 0 Å². The number of benzene rings is 1. The second-order valence-electron chi connectivity index (χ2n) is 8.26. The molecule has 1 aliphatic heterocycles. The van der Waals surface area contributed by atoms with E-state index < -0.39 is 23.7 Å². The fraction of sp³-hybridized carbons (Fsp3) is 0.565. The molecule has 1 heterocycles. The normalized spacial score (nSPS) is 19.0. The molecular weight excluding hydrogens is 389 g/mol. The lowest BCUT2D eigenvalue weighted by molar-refractivity contribution is -0.141. The van der Waals surface area contributed by atoms with Gasteiger partial charge in [0.15, 0.2) is 6.04 Å². The summed E-state index contributed by atoms with van der Waals surface area (Å²) in [6, 6.07) is 1.71. The minimum absolute atomic E-state index is 0.0604. The van der Waals surface area contributed by atoms with E-state index in [0.29, 0.717) is 12.4 Å². The van der Waals surface area contributed by atoms with E-state index in [0.717, 1.165) is 42.6 Å². The highest BCUT2D eigenvalue weighted by Crippen LogP contribution is 2.46. The van der Waals surface area contributed by atoms with Crippen molar-refractivity contribution in [2.45, 2.75) is 57.9 Å². The quantitative estimate of drug-likeness (QED) is 0.571. The number of hydrogen-bond donors (Lipinski definition) is 1. The Bertz CT molecular complexity index is 816. The van der Waals surface area contributed by atoms with Gasteiger partial charge in [0.05, 0.1) is 18.8 Å². The zero-order valence-electron chi connectivity index (χ0n) is 17.7. The van der Waals surface area contributed by atoms with Crippen LogP contribution in [0.15, 0.2) is 24.8 Å². The molecule has 1 N–H and O–H groups in total. The van der Waals surface area contributed by atoms with Gasteiger partial charge in [-0.05, 0) is 49.7 Å². The van der Waals surface area contributed by atoms with E-state index in [1.54, 1.807) is 0 Å². The van der Waals surface area contributed by atoms with E-state index in [1.807, 2.05) is 6.08 Å². The van der Waals surface area contributed by atoms with Crippen LogP contribution >= 0.6 is 0 Å². The molecule has 1 aromatic rings. The molecule has 0 unspecified atom stereocenters. The standard InChI is InChI=1S/C23H30FNO5/c1-4-9-23(5-2,6-3)13-30-20-11-18(24)17(10-16(20)15-7-8-15)21(26)25-14-29-12-19(25)22(27)28/h4,10-11,15,19H,1,5-9,12-14H2,2-3H3,(H,27,28)/t19-/m0/s1. The SMILES string of the molecule is C=CCC(CC)(CC)COc1cc(F)c(C(=O)N2COC[C@H]2C(=O)O)cc1C1CC1.